The zero-order valence-electron chi connectivity index (χ0n) is 9.95. The number of hydrogen-bond donors (Lipinski definition) is 0. The van der Waals surface area contributed by atoms with Gasteiger partial charge in [0.1, 0.15) is 11.6 Å². The van der Waals surface area contributed by atoms with E-state index in [4.69, 9.17) is 21.1 Å². The monoisotopic (exact) mass is 258 g/mol. The van der Waals surface area contributed by atoms with E-state index in [1.54, 1.807) is 13.2 Å². The summed E-state index contributed by atoms with van der Waals surface area (Å²) in [4.78, 5) is 0. The number of benzene rings is 1. The first-order valence-electron chi connectivity index (χ1n) is 5.72. The van der Waals surface area contributed by atoms with Crippen LogP contribution in [0.25, 0.3) is 0 Å². The molecule has 0 saturated carbocycles. The predicted octanol–water partition coefficient (Wildman–Crippen LogP) is 3.54. The Bertz CT molecular complexity index is 397. The SMILES string of the molecule is COc1ccc(F)cc1C(Cl)C1CCOC1C. The van der Waals surface area contributed by atoms with Crippen molar-refractivity contribution in [3.63, 3.8) is 0 Å². The van der Waals surface area contributed by atoms with Crippen LogP contribution in [0.4, 0.5) is 4.39 Å². The van der Waals surface area contributed by atoms with Crippen molar-refractivity contribution in [2.24, 2.45) is 5.92 Å². The van der Waals surface area contributed by atoms with Crippen molar-refractivity contribution in [1.29, 1.82) is 0 Å². The molecule has 1 heterocycles. The van der Waals surface area contributed by atoms with E-state index in [9.17, 15) is 4.39 Å². The average molecular weight is 259 g/mol. The summed E-state index contributed by atoms with van der Waals surface area (Å²) in [6, 6.07) is 4.43. The Morgan fingerprint density at radius 1 is 1.53 bits per heavy atom. The minimum absolute atomic E-state index is 0.102. The fourth-order valence-corrected chi connectivity index (χ4v) is 2.79. The molecule has 1 aliphatic heterocycles. The van der Waals surface area contributed by atoms with Gasteiger partial charge in [-0.2, -0.15) is 0 Å². The van der Waals surface area contributed by atoms with E-state index in [-0.39, 0.29) is 23.2 Å². The van der Waals surface area contributed by atoms with Gasteiger partial charge in [0.15, 0.2) is 0 Å². The van der Waals surface area contributed by atoms with Crippen LogP contribution in [0.5, 0.6) is 5.75 Å². The highest BCUT2D eigenvalue weighted by Gasteiger charge is 2.33. The van der Waals surface area contributed by atoms with Gasteiger partial charge < -0.3 is 9.47 Å². The summed E-state index contributed by atoms with van der Waals surface area (Å²) < 4.78 is 24.0. The molecule has 1 aliphatic rings. The molecule has 0 N–H and O–H groups in total. The van der Waals surface area contributed by atoms with Crippen LogP contribution in [0.3, 0.4) is 0 Å². The summed E-state index contributed by atoms with van der Waals surface area (Å²) in [7, 11) is 1.56. The summed E-state index contributed by atoms with van der Waals surface area (Å²) in [5.74, 6) is 0.538. The van der Waals surface area contributed by atoms with Gasteiger partial charge >= 0.3 is 0 Å². The minimum atomic E-state index is -0.294. The van der Waals surface area contributed by atoms with E-state index in [0.717, 1.165) is 6.42 Å². The molecule has 1 aromatic carbocycles. The van der Waals surface area contributed by atoms with E-state index in [1.807, 2.05) is 6.92 Å². The van der Waals surface area contributed by atoms with Gasteiger partial charge in [0, 0.05) is 18.1 Å². The van der Waals surface area contributed by atoms with Crippen LogP contribution in [0.2, 0.25) is 0 Å². The van der Waals surface area contributed by atoms with Crippen molar-refractivity contribution < 1.29 is 13.9 Å². The maximum Gasteiger partial charge on any atom is 0.123 e. The predicted molar refractivity (Wildman–Crippen MR) is 65.1 cm³/mol. The number of hydrogen-bond acceptors (Lipinski definition) is 2. The van der Waals surface area contributed by atoms with Crippen LogP contribution in [0, 0.1) is 11.7 Å². The van der Waals surface area contributed by atoms with Gasteiger partial charge in [-0.1, -0.05) is 0 Å². The smallest absolute Gasteiger partial charge is 0.123 e. The Kier molecular flexibility index (Phi) is 3.89. The highest BCUT2D eigenvalue weighted by Crippen LogP contribution is 2.41. The molecule has 17 heavy (non-hydrogen) atoms. The normalized spacial score (nSPS) is 25.9. The molecule has 2 rings (SSSR count). The first-order chi connectivity index (χ1) is 8.13. The Hall–Kier alpha value is -0.800. The third kappa shape index (κ3) is 2.55. The van der Waals surface area contributed by atoms with Gasteiger partial charge in [-0.15, -0.1) is 11.6 Å². The lowest BCUT2D eigenvalue weighted by molar-refractivity contribution is 0.104. The summed E-state index contributed by atoms with van der Waals surface area (Å²) in [6.45, 7) is 2.71. The van der Waals surface area contributed by atoms with E-state index in [1.165, 1.54) is 12.1 Å². The molecule has 1 saturated heterocycles. The van der Waals surface area contributed by atoms with Crippen LogP contribution < -0.4 is 4.74 Å². The first kappa shape index (κ1) is 12.7. The molecule has 0 amide bonds. The highest BCUT2D eigenvalue weighted by atomic mass is 35.5. The van der Waals surface area contributed by atoms with Gasteiger partial charge in [0.2, 0.25) is 0 Å². The Labute approximate surface area is 106 Å². The lowest BCUT2D eigenvalue weighted by atomic mass is 9.93. The third-order valence-electron chi connectivity index (χ3n) is 3.30. The maximum atomic E-state index is 13.3. The van der Waals surface area contributed by atoms with Crippen molar-refractivity contribution in [1.82, 2.24) is 0 Å². The quantitative estimate of drug-likeness (QED) is 0.772. The average Bonchev–Trinajstić information content (AvgIpc) is 2.74. The van der Waals surface area contributed by atoms with Gasteiger partial charge in [0.05, 0.1) is 18.6 Å². The summed E-state index contributed by atoms with van der Waals surface area (Å²) >= 11 is 6.44. The topological polar surface area (TPSA) is 18.5 Å². The van der Waals surface area contributed by atoms with E-state index < -0.39 is 0 Å². The summed E-state index contributed by atoms with van der Waals surface area (Å²) in [5.41, 5.74) is 0.705. The lowest BCUT2D eigenvalue weighted by Gasteiger charge is -2.22. The second-order valence-corrected chi connectivity index (χ2v) is 4.79. The molecule has 94 valence electrons. The van der Waals surface area contributed by atoms with Crippen LogP contribution in [-0.4, -0.2) is 19.8 Å². The summed E-state index contributed by atoms with van der Waals surface area (Å²) in [5, 5.41) is -0.279. The van der Waals surface area contributed by atoms with Gasteiger partial charge in [-0.05, 0) is 31.5 Å². The van der Waals surface area contributed by atoms with Crippen LogP contribution in [0.15, 0.2) is 18.2 Å². The van der Waals surface area contributed by atoms with Crippen LogP contribution >= 0.6 is 11.6 Å². The third-order valence-corrected chi connectivity index (χ3v) is 3.86. The number of halogens is 2. The van der Waals surface area contributed by atoms with Gasteiger partial charge in [0.25, 0.3) is 0 Å². The van der Waals surface area contributed by atoms with E-state index in [2.05, 4.69) is 0 Å². The fraction of sp³-hybridized carbons (Fsp3) is 0.538. The van der Waals surface area contributed by atoms with Gasteiger partial charge in [-0.25, -0.2) is 4.39 Å². The molecule has 2 nitrogen and oxygen atoms in total. The minimum Gasteiger partial charge on any atom is -0.496 e. The second kappa shape index (κ2) is 5.23. The van der Waals surface area contributed by atoms with Crippen LogP contribution in [-0.2, 0) is 4.74 Å². The highest BCUT2D eigenvalue weighted by molar-refractivity contribution is 6.21. The van der Waals surface area contributed by atoms with Crippen molar-refractivity contribution in [3.05, 3.63) is 29.6 Å². The Balaban J connectivity index is 2.28. The molecule has 3 atom stereocenters. The zero-order chi connectivity index (χ0) is 12.4. The van der Waals surface area contributed by atoms with Crippen LogP contribution in [0.1, 0.15) is 24.3 Å². The Morgan fingerprint density at radius 3 is 2.88 bits per heavy atom. The molecule has 4 heteroatoms. The molecule has 0 bridgehead atoms. The van der Waals surface area contributed by atoms with E-state index >= 15 is 0 Å². The van der Waals surface area contributed by atoms with Crippen molar-refractivity contribution in [2.75, 3.05) is 13.7 Å². The second-order valence-electron chi connectivity index (χ2n) is 4.32. The van der Waals surface area contributed by atoms with Crippen molar-refractivity contribution in [3.8, 4) is 5.75 Å². The standard InChI is InChI=1S/C13H16ClFO2/c1-8-10(5-6-17-8)13(14)11-7-9(15)3-4-12(11)16-2/h3-4,7-8,10,13H,5-6H2,1-2H3. The maximum absolute atomic E-state index is 13.3. The number of rotatable bonds is 3. The molecule has 3 unspecified atom stereocenters. The largest absolute Gasteiger partial charge is 0.496 e. The molecule has 0 aliphatic carbocycles. The fourth-order valence-electron chi connectivity index (χ4n) is 2.28. The molecular weight excluding hydrogens is 243 g/mol. The molecule has 0 radical (unpaired) electrons. The molecule has 0 aromatic heterocycles. The molecular formula is C13H16ClFO2. The number of methoxy groups -OCH3 is 1. The Morgan fingerprint density at radius 2 is 2.29 bits per heavy atom. The van der Waals surface area contributed by atoms with Gasteiger partial charge in [-0.3, -0.25) is 0 Å². The van der Waals surface area contributed by atoms with Crippen molar-refractivity contribution >= 4 is 11.6 Å². The van der Waals surface area contributed by atoms with Crippen molar-refractivity contribution in [2.45, 2.75) is 24.8 Å². The molecule has 1 aromatic rings. The molecule has 1 fully saturated rings. The molecule has 0 spiro atoms. The lowest BCUT2D eigenvalue weighted by Crippen LogP contribution is -2.17. The first-order valence-corrected chi connectivity index (χ1v) is 6.16. The van der Waals surface area contributed by atoms with E-state index in [0.29, 0.717) is 17.9 Å². The number of alkyl halides is 1. The zero-order valence-corrected chi connectivity index (χ0v) is 10.7. The summed E-state index contributed by atoms with van der Waals surface area (Å²) in [6.07, 6.45) is 1.00. The number of ether oxygens (including phenoxy) is 2.